The predicted molar refractivity (Wildman–Crippen MR) is 73.9 cm³/mol. The highest BCUT2D eigenvalue weighted by molar-refractivity contribution is 9.10. The molecule has 1 aliphatic heterocycles. The second kappa shape index (κ2) is 5.85. The van der Waals surface area contributed by atoms with E-state index in [9.17, 15) is 8.78 Å². The van der Waals surface area contributed by atoms with Crippen molar-refractivity contribution in [1.82, 2.24) is 0 Å². The van der Waals surface area contributed by atoms with Gasteiger partial charge in [-0.05, 0) is 60.7 Å². The molecular weight excluding hydrogens is 316 g/mol. The van der Waals surface area contributed by atoms with Crippen LogP contribution in [-0.2, 0) is 11.2 Å². The molecule has 2 rings (SSSR count). The lowest BCUT2D eigenvalue weighted by atomic mass is 9.85. The molecule has 1 aromatic carbocycles. The van der Waals surface area contributed by atoms with E-state index in [0.717, 1.165) is 19.3 Å². The Morgan fingerprint density at radius 2 is 2.16 bits per heavy atom. The van der Waals surface area contributed by atoms with Crippen LogP contribution in [0.1, 0.15) is 31.7 Å². The van der Waals surface area contributed by atoms with E-state index < -0.39 is 23.3 Å². The number of hydrogen-bond acceptors (Lipinski definition) is 2. The highest BCUT2D eigenvalue weighted by atomic mass is 79.9. The molecule has 2 nitrogen and oxygen atoms in total. The topological polar surface area (TPSA) is 35.2 Å². The standard InChI is InChI=1S/C14H18BrF2NO/c1-14(6-2-3-7-19-14)12(18)8-9-11(16)5-4-10(15)13(9)17/h4-5,12H,2-3,6-8,18H2,1H3. The van der Waals surface area contributed by atoms with Crippen molar-refractivity contribution in [2.45, 2.75) is 44.2 Å². The number of hydrogen-bond donors (Lipinski definition) is 1. The number of benzene rings is 1. The van der Waals surface area contributed by atoms with Crippen LogP contribution in [0.4, 0.5) is 8.78 Å². The molecule has 1 aromatic rings. The van der Waals surface area contributed by atoms with Crippen molar-refractivity contribution in [3.63, 3.8) is 0 Å². The zero-order valence-electron chi connectivity index (χ0n) is 10.9. The van der Waals surface area contributed by atoms with Gasteiger partial charge in [0, 0.05) is 18.2 Å². The SMILES string of the molecule is CC1(C(N)Cc2c(F)ccc(Br)c2F)CCCCO1. The Kier molecular flexibility index (Phi) is 4.58. The van der Waals surface area contributed by atoms with Crippen LogP contribution < -0.4 is 5.73 Å². The fourth-order valence-electron chi connectivity index (χ4n) is 2.44. The highest BCUT2D eigenvalue weighted by Crippen LogP contribution is 2.30. The van der Waals surface area contributed by atoms with Crippen molar-refractivity contribution in [1.29, 1.82) is 0 Å². The summed E-state index contributed by atoms with van der Waals surface area (Å²) in [6.07, 6.45) is 3.01. The fourth-order valence-corrected chi connectivity index (χ4v) is 2.81. The Labute approximate surface area is 120 Å². The van der Waals surface area contributed by atoms with Gasteiger partial charge >= 0.3 is 0 Å². The Morgan fingerprint density at radius 1 is 1.42 bits per heavy atom. The molecule has 0 saturated carbocycles. The molecule has 0 radical (unpaired) electrons. The summed E-state index contributed by atoms with van der Waals surface area (Å²) < 4.78 is 33.6. The lowest BCUT2D eigenvalue weighted by Crippen LogP contribution is -2.51. The van der Waals surface area contributed by atoms with E-state index >= 15 is 0 Å². The zero-order chi connectivity index (χ0) is 14.0. The minimum absolute atomic E-state index is 0.0253. The molecule has 0 aromatic heterocycles. The first kappa shape index (κ1) is 14.9. The van der Waals surface area contributed by atoms with Crippen molar-refractivity contribution >= 4 is 15.9 Å². The summed E-state index contributed by atoms with van der Waals surface area (Å²) in [6, 6.07) is 2.18. The van der Waals surface area contributed by atoms with Crippen molar-refractivity contribution in [2.24, 2.45) is 5.73 Å². The van der Waals surface area contributed by atoms with Crippen molar-refractivity contribution < 1.29 is 13.5 Å². The quantitative estimate of drug-likeness (QED) is 0.858. The van der Waals surface area contributed by atoms with Crippen LogP contribution in [-0.4, -0.2) is 18.2 Å². The molecule has 2 atom stereocenters. The second-order valence-corrected chi connectivity index (χ2v) is 6.10. The first-order chi connectivity index (χ1) is 8.94. The van der Waals surface area contributed by atoms with Crippen LogP contribution in [0.15, 0.2) is 16.6 Å². The zero-order valence-corrected chi connectivity index (χ0v) is 12.5. The number of halogens is 3. The molecule has 1 heterocycles. The summed E-state index contributed by atoms with van der Waals surface area (Å²) in [5.74, 6) is -1.13. The molecule has 1 saturated heterocycles. The van der Waals surface area contributed by atoms with Gasteiger partial charge in [-0.1, -0.05) is 0 Å². The predicted octanol–water partition coefficient (Wildman–Crippen LogP) is 3.56. The molecule has 0 amide bonds. The molecule has 0 spiro atoms. The van der Waals surface area contributed by atoms with Crippen LogP contribution in [0, 0.1) is 11.6 Å². The van der Waals surface area contributed by atoms with Gasteiger partial charge in [0.25, 0.3) is 0 Å². The van der Waals surface area contributed by atoms with Crippen LogP contribution in [0.2, 0.25) is 0 Å². The molecular formula is C14H18BrF2NO. The molecule has 2 N–H and O–H groups in total. The lowest BCUT2D eigenvalue weighted by Gasteiger charge is -2.39. The smallest absolute Gasteiger partial charge is 0.143 e. The summed E-state index contributed by atoms with van der Waals surface area (Å²) in [7, 11) is 0. The largest absolute Gasteiger partial charge is 0.374 e. The van der Waals surface area contributed by atoms with E-state index in [0.29, 0.717) is 6.61 Å². The van der Waals surface area contributed by atoms with E-state index in [2.05, 4.69) is 15.9 Å². The average molecular weight is 334 g/mol. The van der Waals surface area contributed by atoms with Gasteiger partial charge in [-0.2, -0.15) is 0 Å². The van der Waals surface area contributed by atoms with E-state index in [1.807, 2.05) is 6.92 Å². The molecule has 2 unspecified atom stereocenters. The Hall–Kier alpha value is -0.520. The van der Waals surface area contributed by atoms with Gasteiger partial charge in [-0.15, -0.1) is 0 Å². The van der Waals surface area contributed by atoms with E-state index in [1.165, 1.54) is 12.1 Å². The van der Waals surface area contributed by atoms with E-state index in [1.54, 1.807) is 0 Å². The van der Waals surface area contributed by atoms with Crippen LogP contribution in [0.3, 0.4) is 0 Å². The molecule has 5 heteroatoms. The summed E-state index contributed by atoms with van der Waals surface area (Å²) >= 11 is 3.07. The van der Waals surface area contributed by atoms with Gasteiger partial charge < -0.3 is 10.5 Å². The van der Waals surface area contributed by atoms with Crippen LogP contribution in [0.25, 0.3) is 0 Å². The van der Waals surface area contributed by atoms with Crippen LogP contribution >= 0.6 is 15.9 Å². The first-order valence-corrected chi connectivity index (χ1v) is 7.25. The van der Waals surface area contributed by atoms with Crippen molar-refractivity contribution in [3.05, 3.63) is 33.8 Å². The molecule has 0 aliphatic carbocycles. The van der Waals surface area contributed by atoms with Gasteiger partial charge in [-0.3, -0.25) is 0 Å². The highest BCUT2D eigenvalue weighted by Gasteiger charge is 2.35. The third-order valence-corrected chi connectivity index (χ3v) is 4.46. The number of ether oxygens (including phenoxy) is 1. The lowest BCUT2D eigenvalue weighted by molar-refractivity contribution is -0.0810. The third-order valence-electron chi connectivity index (χ3n) is 3.85. The summed E-state index contributed by atoms with van der Waals surface area (Å²) in [4.78, 5) is 0. The van der Waals surface area contributed by atoms with Gasteiger partial charge in [0.2, 0.25) is 0 Å². The Bertz CT molecular complexity index is 461. The average Bonchev–Trinajstić information content (AvgIpc) is 2.40. The van der Waals surface area contributed by atoms with Gasteiger partial charge in [0.15, 0.2) is 0 Å². The summed E-state index contributed by atoms with van der Waals surface area (Å²) in [6.45, 7) is 2.58. The minimum atomic E-state index is -0.574. The monoisotopic (exact) mass is 333 g/mol. The molecule has 1 aliphatic rings. The number of rotatable bonds is 3. The Balaban J connectivity index is 2.19. The van der Waals surface area contributed by atoms with Gasteiger partial charge in [-0.25, -0.2) is 8.78 Å². The van der Waals surface area contributed by atoms with Crippen molar-refractivity contribution in [2.75, 3.05) is 6.61 Å². The van der Waals surface area contributed by atoms with Crippen LogP contribution in [0.5, 0.6) is 0 Å². The van der Waals surface area contributed by atoms with E-state index in [4.69, 9.17) is 10.5 Å². The maximum Gasteiger partial charge on any atom is 0.143 e. The van der Waals surface area contributed by atoms with Crippen molar-refractivity contribution in [3.8, 4) is 0 Å². The third kappa shape index (κ3) is 3.15. The Morgan fingerprint density at radius 3 is 2.79 bits per heavy atom. The second-order valence-electron chi connectivity index (χ2n) is 5.25. The maximum absolute atomic E-state index is 13.9. The normalized spacial score (nSPS) is 25.3. The first-order valence-electron chi connectivity index (χ1n) is 6.46. The molecule has 19 heavy (non-hydrogen) atoms. The number of nitrogens with two attached hydrogens (primary N) is 1. The summed E-state index contributed by atoms with van der Waals surface area (Å²) in [5.41, 5.74) is 5.65. The fraction of sp³-hybridized carbons (Fsp3) is 0.571. The molecule has 0 bridgehead atoms. The molecule has 106 valence electrons. The maximum atomic E-state index is 13.9. The van der Waals surface area contributed by atoms with Gasteiger partial charge in [0.05, 0.1) is 10.1 Å². The minimum Gasteiger partial charge on any atom is -0.374 e. The van der Waals surface area contributed by atoms with Gasteiger partial charge in [0.1, 0.15) is 11.6 Å². The summed E-state index contributed by atoms with van der Waals surface area (Å²) in [5, 5.41) is 0. The van der Waals surface area contributed by atoms with E-state index in [-0.39, 0.29) is 16.5 Å². The molecule has 1 fully saturated rings.